The molecule has 0 bridgehead atoms. The molecule has 1 heterocycles. The van der Waals surface area contributed by atoms with E-state index in [-0.39, 0.29) is 18.0 Å². The van der Waals surface area contributed by atoms with Crippen molar-refractivity contribution in [2.24, 2.45) is 11.3 Å². The van der Waals surface area contributed by atoms with Gasteiger partial charge in [-0.25, -0.2) is 0 Å². The first-order valence-electron chi connectivity index (χ1n) is 12.5. The quantitative estimate of drug-likeness (QED) is 0.295. The molecule has 1 aliphatic carbocycles. The van der Waals surface area contributed by atoms with Gasteiger partial charge in [-0.3, -0.25) is 4.79 Å². The number of likely N-dealkylation sites (tertiary alicyclic amines) is 1. The Morgan fingerprint density at radius 2 is 1.85 bits per heavy atom. The minimum Gasteiger partial charge on any atom is -0.330 e. The molecule has 0 radical (unpaired) electrons. The number of hydrogen-bond donors (Lipinski definition) is 0. The zero-order valence-electron chi connectivity index (χ0n) is 20.2. The largest absolute Gasteiger partial charge is 0.330 e. The van der Waals surface area contributed by atoms with E-state index in [0.717, 1.165) is 34.9 Å². The van der Waals surface area contributed by atoms with Crippen molar-refractivity contribution in [3.63, 3.8) is 0 Å². The first kappa shape index (κ1) is 25.7. The molecular weight excluding hydrogens is 481 g/mol. The number of carbonyl (C=O) groups is 1. The van der Waals surface area contributed by atoms with Gasteiger partial charge in [0.05, 0.1) is 11.5 Å². The number of thioether (sulfide) groups is 1. The van der Waals surface area contributed by atoms with Gasteiger partial charge < -0.3 is 4.90 Å². The molecule has 2 aliphatic rings. The van der Waals surface area contributed by atoms with E-state index in [2.05, 4.69) is 49.6 Å². The third-order valence-corrected chi connectivity index (χ3v) is 9.17. The summed E-state index contributed by atoms with van der Waals surface area (Å²) in [7, 11) is 0. The Kier molecular flexibility index (Phi) is 8.38. The average Bonchev–Trinajstić information content (AvgIpc) is 3.67. The first-order valence-corrected chi connectivity index (χ1v) is 14.4. The van der Waals surface area contributed by atoms with Crippen molar-refractivity contribution >= 4 is 40.9 Å². The van der Waals surface area contributed by atoms with Gasteiger partial charge in [-0.15, -0.1) is 6.58 Å². The molecular formula is C29H35Cl2NOS. The van der Waals surface area contributed by atoms with E-state index in [0.29, 0.717) is 23.3 Å². The summed E-state index contributed by atoms with van der Waals surface area (Å²) in [6, 6.07) is 16.5. The number of allylic oxidation sites excluding steroid dienone is 1. The molecule has 0 N–H and O–H groups in total. The van der Waals surface area contributed by atoms with Crippen molar-refractivity contribution in [3.8, 4) is 0 Å². The normalized spacial score (nSPS) is 25.9. The lowest BCUT2D eigenvalue weighted by atomic mass is 9.65. The standard InChI is InChI=1S/C29H35Cl2NOS/c1-4-16-29(5-2)18-25(22-8-7-9-24(31)17-22)27(21-12-14-23(30)15-13-21)32(28(29)33)26(19-34-6-3)20-10-11-20/h4,7-9,12-15,17,20,25-27H,1,5-6,10-11,16,18-19H2,2-3H3/t25?,26?,27-,29+/m1/s1. The second kappa shape index (κ2) is 11.1. The fourth-order valence-electron chi connectivity index (χ4n) is 5.71. The number of carbonyl (C=O) groups excluding carboxylic acids is 1. The van der Waals surface area contributed by atoms with Crippen LogP contribution in [0.4, 0.5) is 0 Å². The summed E-state index contributed by atoms with van der Waals surface area (Å²) in [6.45, 7) is 8.39. The lowest BCUT2D eigenvalue weighted by Gasteiger charge is -2.53. The number of amides is 1. The fraction of sp³-hybridized carbons (Fsp3) is 0.483. The van der Waals surface area contributed by atoms with E-state index in [4.69, 9.17) is 23.2 Å². The van der Waals surface area contributed by atoms with Gasteiger partial charge in [0.25, 0.3) is 0 Å². The highest BCUT2D eigenvalue weighted by Crippen LogP contribution is 2.55. The number of rotatable bonds is 10. The van der Waals surface area contributed by atoms with Crippen molar-refractivity contribution in [2.45, 2.75) is 64.0 Å². The lowest BCUT2D eigenvalue weighted by Crippen LogP contribution is -2.57. The summed E-state index contributed by atoms with van der Waals surface area (Å²) in [5.74, 6) is 3.05. The van der Waals surface area contributed by atoms with Crippen LogP contribution >= 0.6 is 35.0 Å². The Balaban J connectivity index is 1.90. The number of hydrogen-bond acceptors (Lipinski definition) is 2. The van der Waals surface area contributed by atoms with Crippen LogP contribution in [0, 0.1) is 11.3 Å². The molecule has 1 saturated heterocycles. The molecule has 182 valence electrons. The van der Waals surface area contributed by atoms with E-state index in [1.165, 1.54) is 18.4 Å². The minimum atomic E-state index is -0.443. The van der Waals surface area contributed by atoms with Crippen LogP contribution < -0.4 is 0 Å². The van der Waals surface area contributed by atoms with Crippen LogP contribution in [-0.2, 0) is 4.79 Å². The molecule has 2 fully saturated rings. The third kappa shape index (κ3) is 5.22. The molecule has 34 heavy (non-hydrogen) atoms. The molecule has 0 spiro atoms. The Morgan fingerprint density at radius 3 is 2.44 bits per heavy atom. The van der Waals surface area contributed by atoms with E-state index < -0.39 is 5.41 Å². The van der Waals surface area contributed by atoms with E-state index >= 15 is 0 Å². The minimum absolute atomic E-state index is 0.0456. The van der Waals surface area contributed by atoms with Crippen LogP contribution in [-0.4, -0.2) is 28.4 Å². The topological polar surface area (TPSA) is 20.3 Å². The molecule has 2 aromatic rings. The monoisotopic (exact) mass is 515 g/mol. The second-order valence-electron chi connectivity index (χ2n) is 9.77. The van der Waals surface area contributed by atoms with Crippen LogP contribution in [0.25, 0.3) is 0 Å². The molecule has 2 unspecified atom stereocenters. The third-order valence-electron chi connectivity index (χ3n) is 7.70. The number of halogens is 2. The maximum Gasteiger partial charge on any atom is 0.229 e. The van der Waals surface area contributed by atoms with Crippen molar-refractivity contribution in [1.29, 1.82) is 0 Å². The molecule has 5 heteroatoms. The second-order valence-corrected chi connectivity index (χ2v) is 12.0. The zero-order chi connectivity index (χ0) is 24.3. The highest BCUT2D eigenvalue weighted by molar-refractivity contribution is 7.99. The van der Waals surface area contributed by atoms with Crippen molar-refractivity contribution < 1.29 is 4.79 Å². The molecule has 1 aliphatic heterocycles. The van der Waals surface area contributed by atoms with Crippen LogP contribution in [0.3, 0.4) is 0 Å². The molecule has 1 amide bonds. The fourth-order valence-corrected chi connectivity index (χ4v) is 6.95. The molecule has 2 aromatic carbocycles. The Hall–Kier alpha value is -1.42. The van der Waals surface area contributed by atoms with Gasteiger partial charge in [-0.2, -0.15) is 11.8 Å². The number of piperidine rings is 1. The molecule has 0 aromatic heterocycles. The number of benzene rings is 2. The molecule has 1 saturated carbocycles. The van der Waals surface area contributed by atoms with E-state index in [1.807, 2.05) is 42.1 Å². The lowest BCUT2D eigenvalue weighted by molar-refractivity contribution is -0.156. The van der Waals surface area contributed by atoms with Crippen LogP contribution in [0.5, 0.6) is 0 Å². The Bertz CT molecular complexity index is 1010. The highest BCUT2D eigenvalue weighted by atomic mass is 35.5. The summed E-state index contributed by atoms with van der Waals surface area (Å²) < 4.78 is 0. The van der Waals surface area contributed by atoms with Gasteiger partial charge in [-0.05, 0) is 79.2 Å². The predicted molar refractivity (Wildman–Crippen MR) is 147 cm³/mol. The summed E-state index contributed by atoms with van der Waals surface area (Å²) >= 11 is 14.7. The van der Waals surface area contributed by atoms with Gasteiger partial charge in [-0.1, -0.05) is 67.4 Å². The Labute approximate surface area is 219 Å². The van der Waals surface area contributed by atoms with Crippen LogP contribution in [0.1, 0.15) is 69.0 Å². The summed E-state index contributed by atoms with van der Waals surface area (Å²) in [5.41, 5.74) is 1.91. The number of nitrogens with zero attached hydrogens (tertiary/aromatic N) is 1. The van der Waals surface area contributed by atoms with Gasteiger partial charge in [0.15, 0.2) is 0 Å². The van der Waals surface area contributed by atoms with Gasteiger partial charge >= 0.3 is 0 Å². The summed E-state index contributed by atoms with van der Waals surface area (Å²) in [6.07, 6.45) is 6.63. The van der Waals surface area contributed by atoms with Crippen molar-refractivity contribution in [2.75, 3.05) is 11.5 Å². The maximum atomic E-state index is 14.5. The van der Waals surface area contributed by atoms with Crippen molar-refractivity contribution in [3.05, 3.63) is 82.4 Å². The van der Waals surface area contributed by atoms with Gasteiger partial charge in [0.1, 0.15) is 0 Å². The van der Waals surface area contributed by atoms with Crippen LogP contribution in [0.15, 0.2) is 61.2 Å². The zero-order valence-corrected chi connectivity index (χ0v) is 22.5. The average molecular weight is 517 g/mol. The molecule has 4 atom stereocenters. The maximum absolute atomic E-state index is 14.5. The Morgan fingerprint density at radius 1 is 1.12 bits per heavy atom. The highest BCUT2D eigenvalue weighted by Gasteiger charge is 2.54. The van der Waals surface area contributed by atoms with E-state index in [1.54, 1.807) is 0 Å². The van der Waals surface area contributed by atoms with Gasteiger partial charge in [0.2, 0.25) is 5.91 Å². The SMILES string of the molecule is C=CC[C@@]1(CC)CC(c2cccc(Cl)c2)[C@@H](c2ccc(Cl)cc2)N(C(CSCC)C2CC2)C1=O. The van der Waals surface area contributed by atoms with E-state index in [9.17, 15) is 4.79 Å². The smallest absolute Gasteiger partial charge is 0.229 e. The van der Waals surface area contributed by atoms with Gasteiger partial charge in [0, 0.05) is 27.8 Å². The summed E-state index contributed by atoms with van der Waals surface area (Å²) in [4.78, 5) is 16.8. The molecule has 4 rings (SSSR count). The summed E-state index contributed by atoms with van der Waals surface area (Å²) in [5, 5.41) is 1.45. The molecule has 2 nitrogen and oxygen atoms in total. The van der Waals surface area contributed by atoms with Crippen LogP contribution in [0.2, 0.25) is 10.0 Å². The van der Waals surface area contributed by atoms with Crippen molar-refractivity contribution in [1.82, 2.24) is 4.90 Å². The first-order chi connectivity index (χ1) is 16.4. The predicted octanol–water partition coefficient (Wildman–Crippen LogP) is 8.55.